The summed E-state index contributed by atoms with van der Waals surface area (Å²) in [6.45, 7) is 10.5. The van der Waals surface area contributed by atoms with Crippen molar-refractivity contribution in [3.8, 4) is 0 Å². The van der Waals surface area contributed by atoms with Crippen molar-refractivity contribution in [2.45, 2.75) is 65.2 Å². The number of imidazole rings is 1. The van der Waals surface area contributed by atoms with Gasteiger partial charge in [-0.1, -0.05) is 13.8 Å². The Bertz CT molecular complexity index is 829. The van der Waals surface area contributed by atoms with E-state index < -0.39 is 17.8 Å². The molecule has 28 heavy (non-hydrogen) atoms. The standard InChI is InChI=1S/C19H30N6O3/c1-12(2)8-16-20-9-13-10-21-17(23-25(13)16)22-14-6-7-24(11-15(14)26)18(27)28-19(3,4)5/h9-10,12,14-15,26H,6-8,11H2,1-5H3,(H,22,23)/t14-,15-/m1/s1. The average Bonchev–Trinajstić information content (AvgIpc) is 2.97. The number of aliphatic hydroxyl groups is 1. The van der Waals surface area contributed by atoms with Crippen molar-refractivity contribution in [3.05, 3.63) is 18.2 Å². The Morgan fingerprint density at radius 2 is 2.07 bits per heavy atom. The number of likely N-dealkylation sites (tertiary alicyclic amines) is 1. The van der Waals surface area contributed by atoms with Crippen LogP contribution in [0.25, 0.3) is 5.52 Å². The van der Waals surface area contributed by atoms with Gasteiger partial charge in [0.25, 0.3) is 0 Å². The molecule has 0 radical (unpaired) electrons. The summed E-state index contributed by atoms with van der Waals surface area (Å²) >= 11 is 0. The Morgan fingerprint density at radius 1 is 1.36 bits per heavy atom. The second-order valence-corrected chi connectivity index (χ2v) is 8.72. The number of aromatic nitrogens is 4. The molecule has 0 spiro atoms. The number of aliphatic hydroxyl groups excluding tert-OH is 1. The van der Waals surface area contributed by atoms with Crippen molar-refractivity contribution in [2.24, 2.45) is 5.92 Å². The number of β-amino-alcohol motifs (C(OH)–C–C–N with tert-alkyl or cyclic N) is 1. The quantitative estimate of drug-likeness (QED) is 0.824. The topological polar surface area (TPSA) is 105 Å². The van der Waals surface area contributed by atoms with E-state index in [0.29, 0.717) is 24.8 Å². The summed E-state index contributed by atoms with van der Waals surface area (Å²) in [4.78, 5) is 22.5. The first-order valence-corrected chi connectivity index (χ1v) is 9.74. The highest BCUT2D eigenvalue weighted by Gasteiger charge is 2.33. The lowest BCUT2D eigenvalue weighted by atomic mass is 10.0. The Morgan fingerprint density at radius 3 is 2.71 bits per heavy atom. The SMILES string of the molecule is CC(C)Cc1ncc2cnc(N[C@@H]3CCN(C(=O)OC(C)(C)C)C[C@H]3O)nn12. The first-order chi connectivity index (χ1) is 13.1. The predicted molar refractivity (Wildman–Crippen MR) is 105 cm³/mol. The summed E-state index contributed by atoms with van der Waals surface area (Å²) in [5.74, 6) is 1.79. The lowest BCUT2D eigenvalue weighted by Gasteiger charge is -2.36. The van der Waals surface area contributed by atoms with Crippen LogP contribution in [-0.4, -0.2) is 66.5 Å². The van der Waals surface area contributed by atoms with Crippen molar-refractivity contribution < 1.29 is 14.6 Å². The molecule has 0 aliphatic carbocycles. The monoisotopic (exact) mass is 390 g/mol. The lowest BCUT2D eigenvalue weighted by Crippen LogP contribution is -2.52. The van der Waals surface area contributed by atoms with E-state index >= 15 is 0 Å². The van der Waals surface area contributed by atoms with Gasteiger partial charge in [-0.25, -0.2) is 19.3 Å². The summed E-state index contributed by atoms with van der Waals surface area (Å²) in [7, 11) is 0. The van der Waals surface area contributed by atoms with Crippen LogP contribution in [0.15, 0.2) is 12.4 Å². The number of amides is 1. The van der Waals surface area contributed by atoms with E-state index in [2.05, 4.69) is 34.2 Å². The van der Waals surface area contributed by atoms with Gasteiger partial charge in [0.2, 0.25) is 5.95 Å². The van der Waals surface area contributed by atoms with Gasteiger partial charge < -0.3 is 20.1 Å². The van der Waals surface area contributed by atoms with Gasteiger partial charge in [0.05, 0.1) is 31.1 Å². The number of ether oxygens (including phenoxy) is 1. The van der Waals surface area contributed by atoms with Crippen LogP contribution in [-0.2, 0) is 11.2 Å². The van der Waals surface area contributed by atoms with Gasteiger partial charge in [-0.15, -0.1) is 5.10 Å². The van der Waals surface area contributed by atoms with E-state index in [9.17, 15) is 9.90 Å². The van der Waals surface area contributed by atoms with Crippen LogP contribution in [0, 0.1) is 5.92 Å². The zero-order valence-electron chi connectivity index (χ0n) is 17.2. The third-order valence-corrected chi connectivity index (χ3v) is 4.49. The molecule has 2 N–H and O–H groups in total. The van der Waals surface area contributed by atoms with Crippen LogP contribution in [0.3, 0.4) is 0 Å². The van der Waals surface area contributed by atoms with Crippen LogP contribution < -0.4 is 5.32 Å². The average molecular weight is 390 g/mol. The maximum Gasteiger partial charge on any atom is 0.410 e. The highest BCUT2D eigenvalue weighted by Crippen LogP contribution is 2.18. The lowest BCUT2D eigenvalue weighted by molar-refractivity contribution is 0.00112. The number of piperidine rings is 1. The molecule has 0 bridgehead atoms. The largest absolute Gasteiger partial charge is 0.444 e. The van der Waals surface area contributed by atoms with Crippen LogP contribution in [0.1, 0.15) is 46.9 Å². The molecule has 1 aliphatic rings. The molecule has 2 atom stereocenters. The van der Waals surface area contributed by atoms with Crippen molar-refractivity contribution in [2.75, 3.05) is 18.4 Å². The minimum Gasteiger partial charge on any atom is -0.444 e. The fourth-order valence-corrected chi connectivity index (χ4v) is 3.18. The van der Waals surface area contributed by atoms with Gasteiger partial charge in [-0.05, 0) is 33.1 Å². The third-order valence-electron chi connectivity index (χ3n) is 4.49. The maximum atomic E-state index is 12.2. The highest BCUT2D eigenvalue weighted by atomic mass is 16.6. The molecule has 3 heterocycles. The number of carbonyl (C=O) groups excluding carboxylic acids is 1. The zero-order chi connectivity index (χ0) is 20.5. The third kappa shape index (κ3) is 4.89. The summed E-state index contributed by atoms with van der Waals surface area (Å²) in [5.41, 5.74) is 0.278. The Labute approximate surface area is 165 Å². The number of hydrogen-bond acceptors (Lipinski definition) is 7. The number of rotatable bonds is 4. The second-order valence-electron chi connectivity index (χ2n) is 8.72. The Hall–Kier alpha value is -2.42. The van der Waals surface area contributed by atoms with Crippen LogP contribution in [0.5, 0.6) is 0 Å². The number of hydrogen-bond donors (Lipinski definition) is 2. The molecular formula is C19H30N6O3. The van der Waals surface area contributed by atoms with Crippen molar-refractivity contribution >= 4 is 17.6 Å². The molecule has 3 rings (SSSR count). The smallest absolute Gasteiger partial charge is 0.410 e. The summed E-state index contributed by atoms with van der Waals surface area (Å²) in [5, 5.41) is 18.2. The van der Waals surface area contributed by atoms with E-state index in [1.165, 1.54) is 4.90 Å². The fourth-order valence-electron chi connectivity index (χ4n) is 3.18. The molecule has 1 saturated heterocycles. The molecule has 0 unspecified atom stereocenters. The Kier molecular flexibility index (Phi) is 5.74. The van der Waals surface area contributed by atoms with E-state index in [-0.39, 0.29) is 12.6 Å². The molecule has 2 aromatic heterocycles. The molecular weight excluding hydrogens is 360 g/mol. The second kappa shape index (κ2) is 7.90. The number of nitrogens with zero attached hydrogens (tertiary/aromatic N) is 5. The maximum absolute atomic E-state index is 12.2. The van der Waals surface area contributed by atoms with Gasteiger partial charge in [-0.3, -0.25) is 0 Å². The minimum absolute atomic E-state index is 0.207. The zero-order valence-corrected chi connectivity index (χ0v) is 17.2. The predicted octanol–water partition coefficient (Wildman–Crippen LogP) is 2.10. The van der Waals surface area contributed by atoms with E-state index in [4.69, 9.17) is 4.74 Å². The molecule has 154 valence electrons. The molecule has 0 aromatic carbocycles. The molecule has 9 nitrogen and oxygen atoms in total. The normalized spacial score (nSPS) is 20.6. The highest BCUT2D eigenvalue weighted by molar-refractivity contribution is 5.68. The van der Waals surface area contributed by atoms with Crippen molar-refractivity contribution in [1.29, 1.82) is 0 Å². The molecule has 1 fully saturated rings. The minimum atomic E-state index is -0.738. The van der Waals surface area contributed by atoms with Gasteiger partial charge in [0, 0.05) is 13.0 Å². The van der Waals surface area contributed by atoms with Gasteiger partial charge in [-0.2, -0.15) is 0 Å². The van der Waals surface area contributed by atoms with Gasteiger partial charge in [0.1, 0.15) is 16.9 Å². The van der Waals surface area contributed by atoms with Crippen LogP contribution in [0.2, 0.25) is 0 Å². The number of carbonyl (C=O) groups is 1. The molecule has 1 aliphatic heterocycles. The van der Waals surface area contributed by atoms with E-state index in [1.54, 1.807) is 16.9 Å². The summed E-state index contributed by atoms with van der Waals surface area (Å²) in [6, 6.07) is -0.242. The van der Waals surface area contributed by atoms with Gasteiger partial charge >= 0.3 is 6.09 Å². The molecule has 9 heteroatoms. The van der Waals surface area contributed by atoms with Crippen molar-refractivity contribution in [3.63, 3.8) is 0 Å². The van der Waals surface area contributed by atoms with Crippen molar-refractivity contribution in [1.82, 2.24) is 24.5 Å². The van der Waals surface area contributed by atoms with Crippen LogP contribution in [0.4, 0.5) is 10.7 Å². The molecule has 1 amide bonds. The van der Waals surface area contributed by atoms with Gasteiger partial charge in [0.15, 0.2) is 0 Å². The first kappa shape index (κ1) is 20.3. The summed E-state index contributed by atoms with van der Waals surface area (Å²) in [6.07, 6.45) is 3.73. The molecule has 2 aromatic rings. The van der Waals surface area contributed by atoms with Crippen LogP contribution >= 0.6 is 0 Å². The first-order valence-electron chi connectivity index (χ1n) is 9.74. The van der Waals surface area contributed by atoms with E-state index in [0.717, 1.165) is 17.8 Å². The van der Waals surface area contributed by atoms with E-state index in [1.807, 2.05) is 20.8 Å². The number of fused-ring (bicyclic) bond motifs is 1. The molecule has 0 saturated carbocycles. The summed E-state index contributed by atoms with van der Waals surface area (Å²) < 4.78 is 7.17. The fraction of sp³-hybridized carbons (Fsp3) is 0.684. The Balaban J connectivity index is 1.65. The number of anilines is 1. The number of nitrogens with one attached hydrogen (secondary N) is 1.